The second kappa shape index (κ2) is 6.50. The van der Waals surface area contributed by atoms with Gasteiger partial charge in [0.2, 0.25) is 0 Å². The molecule has 0 aliphatic heterocycles. The van der Waals surface area contributed by atoms with E-state index >= 15 is 0 Å². The van der Waals surface area contributed by atoms with Gasteiger partial charge in [-0.3, -0.25) is 0 Å². The summed E-state index contributed by atoms with van der Waals surface area (Å²) in [6, 6.07) is 5.89. The molecule has 0 spiro atoms. The summed E-state index contributed by atoms with van der Waals surface area (Å²) in [6.07, 6.45) is 1.38. The first-order valence-electron chi connectivity index (χ1n) is 6.01. The predicted octanol–water partition coefficient (Wildman–Crippen LogP) is 2.65. The van der Waals surface area contributed by atoms with Gasteiger partial charge in [-0.05, 0) is 36.5 Å². The second-order valence-electron chi connectivity index (χ2n) is 4.35. The molecule has 0 fully saturated rings. The maximum Gasteiger partial charge on any atom is 0.160 e. The van der Waals surface area contributed by atoms with Gasteiger partial charge < -0.3 is 14.6 Å². The topological polar surface area (TPSA) is 38.7 Å². The maximum atomic E-state index is 9.76. The number of hydrogen-bond acceptors (Lipinski definition) is 3. The van der Waals surface area contributed by atoms with Gasteiger partial charge in [-0.15, -0.1) is 0 Å². The van der Waals surface area contributed by atoms with E-state index in [9.17, 15) is 5.11 Å². The minimum absolute atomic E-state index is 0.247. The van der Waals surface area contributed by atoms with Crippen LogP contribution in [0, 0.1) is 5.92 Å². The van der Waals surface area contributed by atoms with Gasteiger partial charge in [-0.2, -0.15) is 0 Å². The van der Waals surface area contributed by atoms with E-state index in [1.165, 1.54) is 0 Å². The van der Waals surface area contributed by atoms with E-state index in [4.69, 9.17) is 9.47 Å². The fourth-order valence-corrected chi connectivity index (χ4v) is 1.92. The Kier molecular flexibility index (Phi) is 5.29. The van der Waals surface area contributed by atoms with Gasteiger partial charge in [0.05, 0.1) is 20.3 Å². The van der Waals surface area contributed by atoms with Crippen LogP contribution in [0.3, 0.4) is 0 Å². The first-order valence-corrected chi connectivity index (χ1v) is 6.01. The maximum absolute atomic E-state index is 9.76. The van der Waals surface area contributed by atoms with Crippen molar-refractivity contribution in [1.29, 1.82) is 0 Å². The lowest BCUT2D eigenvalue weighted by molar-refractivity contribution is 0.112. The normalized spacial score (nSPS) is 14.2. The van der Waals surface area contributed by atoms with E-state index < -0.39 is 0 Å². The smallest absolute Gasteiger partial charge is 0.160 e. The van der Waals surface area contributed by atoms with Gasteiger partial charge in [0.15, 0.2) is 11.5 Å². The van der Waals surface area contributed by atoms with E-state index in [2.05, 4.69) is 6.92 Å². The van der Waals surface area contributed by atoms with Crippen molar-refractivity contribution in [2.24, 2.45) is 5.92 Å². The highest BCUT2D eigenvalue weighted by Crippen LogP contribution is 2.28. The third-order valence-electron chi connectivity index (χ3n) is 3.08. The van der Waals surface area contributed by atoms with Crippen LogP contribution in [0.4, 0.5) is 0 Å². The number of ether oxygens (including phenoxy) is 2. The number of rotatable bonds is 6. The molecule has 0 aromatic heterocycles. The van der Waals surface area contributed by atoms with Crippen molar-refractivity contribution < 1.29 is 14.6 Å². The van der Waals surface area contributed by atoms with E-state index in [-0.39, 0.29) is 12.0 Å². The van der Waals surface area contributed by atoms with Crippen molar-refractivity contribution in [2.75, 3.05) is 14.2 Å². The minimum atomic E-state index is -0.247. The van der Waals surface area contributed by atoms with Crippen LogP contribution in [0.1, 0.15) is 25.8 Å². The zero-order chi connectivity index (χ0) is 12.8. The van der Waals surface area contributed by atoms with Crippen LogP contribution in [-0.2, 0) is 6.42 Å². The first kappa shape index (κ1) is 13.8. The zero-order valence-electron chi connectivity index (χ0n) is 11.1. The molecule has 3 heteroatoms. The average Bonchev–Trinajstić information content (AvgIpc) is 2.37. The number of aliphatic hydroxyl groups excluding tert-OH is 1. The summed E-state index contributed by atoms with van der Waals surface area (Å²) in [6.45, 7) is 4.06. The number of benzene rings is 1. The molecular formula is C14H22O3. The molecule has 1 rings (SSSR count). The van der Waals surface area contributed by atoms with Gasteiger partial charge in [-0.1, -0.05) is 19.9 Å². The van der Waals surface area contributed by atoms with E-state index in [1.807, 2.05) is 25.1 Å². The van der Waals surface area contributed by atoms with Crippen molar-refractivity contribution in [3.05, 3.63) is 23.8 Å². The minimum Gasteiger partial charge on any atom is -0.493 e. The summed E-state index contributed by atoms with van der Waals surface area (Å²) in [4.78, 5) is 0. The molecule has 1 N–H and O–H groups in total. The van der Waals surface area contributed by atoms with Crippen LogP contribution in [-0.4, -0.2) is 25.4 Å². The van der Waals surface area contributed by atoms with Crippen LogP contribution in [0.15, 0.2) is 18.2 Å². The monoisotopic (exact) mass is 238 g/mol. The Morgan fingerprint density at radius 2 is 1.82 bits per heavy atom. The van der Waals surface area contributed by atoms with Gasteiger partial charge in [0.1, 0.15) is 0 Å². The van der Waals surface area contributed by atoms with Crippen molar-refractivity contribution >= 4 is 0 Å². The molecule has 1 aromatic carbocycles. The van der Waals surface area contributed by atoms with Gasteiger partial charge >= 0.3 is 0 Å². The molecule has 2 unspecified atom stereocenters. The Morgan fingerprint density at radius 3 is 2.35 bits per heavy atom. The summed E-state index contributed by atoms with van der Waals surface area (Å²) < 4.78 is 10.4. The van der Waals surface area contributed by atoms with E-state index in [0.717, 1.165) is 29.9 Å². The van der Waals surface area contributed by atoms with Crippen LogP contribution in [0.2, 0.25) is 0 Å². The van der Waals surface area contributed by atoms with Crippen molar-refractivity contribution in [1.82, 2.24) is 0 Å². The fourth-order valence-electron chi connectivity index (χ4n) is 1.92. The van der Waals surface area contributed by atoms with Crippen molar-refractivity contribution in [3.8, 4) is 11.5 Å². The van der Waals surface area contributed by atoms with Gasteiger partial charge in [0, 0.05) is 0 Å². The molecule has 0 aliphatic carbocycles. The van der Waals surface area contributed by atoms with Crippen LogP contribution in [0.5, 0.6) is 11.5 Å². The standard InChI is InChI=1S/C14H22O3/c1-5-12(15)10(2)8-11-6-7-13(16-3)14(9-11)17-4/h6-7,9-10,12,15H,5,8H2,1-4H3. The summed E-state index contributed by atoms with van der Waals surface area (Å²) in [5.41, 5.74) is 1.16. The molecule has 17 heavy (non-hydrogen) atoms. The van der Waals surface area contributed by atoms with Crippen molar-refractivity contribution in [3.63, 3.8) is 0 Å². The lowest BCUT2D eigenvalue weighted by Gasteiger charge is -2.18. The Hall–Kier alpha value is -1.22. The molecule has 2 atom stereocenters. The van der Waals surface area contributed by atoms with E-state index in [1.54, 1.807) is 14.2 Å². The van der Waals surface area contributed by atoms with Crippen LogP contribution >= 0.6 is 0 Å². The summed E-state index contributed by atoms with van der Waals surface area (Å²) in [7, 11) is 3.26. The molecule has 0 heterocycles. The van der Waals surface area contributed by atoms with E-state index in [0.29, 0.717) is 0 Å². The molecule has 0 amide bonds. The van der Waals surface area contributed by atoms with Crippen LogP contribution < -0.4 is 9.47 Å². The molecule has 3 nitrogen and oxygen atoms in total. The summed E-state index contributed by atoms with van der Waals surface area (Å²) in [5.74, 6) is 1.72. The average molecular weight is 238 g/mol. The fraction of sp³-hybridized carbons (Fsp3) is 0.571. The Labute approximate surface area is 103 Å². The number of aliphatic hydroxyl groups is 1. The van der Waals surface area contributed by atoms with Crippen molar-refractivity contribution in [2.45, 2.75) is 32.8 Å². The number of hydrogen-bond donors (Lipinski definition) is 1. The first-order chi connectivity index (χ1) is 8.12. The molecule has 96 valence electrons. The molecule has 0 saturated carbocycles. The Bertz CT molecular complexity index is 349. The highest BCUT2D eigenvalue weighted by atomic mass is 16.5. The molecule has 1 aromatic rings. The zero-order valence-corrected chi connectivity index (χ0v) is 11.1. The third-order valence-corrected chi connectivity index (χ3v) is 3.08. The lowest BCUT2D eigenvalue weighted by atomic mass is 9.94. The predicted molar refractivity (Wildman–Crippen MR) is 68.7 cm³/mol. The third kappa shape index (κ3) is 3.63. The SMILES string of the molecule is CCC(O)C(C)Cc1ccc(OC)c(OC)c1. The molecule has 0 aliphatic rings. The summed E-state index contributed by atoms with van der Waals surface area (Å²) >= 11 is 0. The molecule has 0 bridgehead atoms. The molecule has 0 radical (unpaired) electrons. The highest BCUT2D eigenvalue weighted by Gasteiger charge is 2.14. The second-order valence-corrected chi connectivity index (χ2v) is 4.35. The Morgan fingerprint density at radius 1 is 1.18 bits per heavy atom. The Balaban J connectivity index is 2.78. The molecular weight excluding hydrogens is 216 g/mol. The van der Waals surface area contributed by atoms with Gasteiger partial charge in [-0.25, -0.2) is 0 Å². The summed E-state index contributed by atoms with van der Waals surface area (Å²) in [5, 5.41) is 9.76. The largest absolute Gasteiger partial charge is 0.493 e. The van der Waals surface area contributed by atoms with Crippen LogP contribution in [0.25, 0.3) is 0 Å². The quantitative estimate of drug-likeness (QED) is 0.828. The number of methoxy groups -OCH3 is 2. The lowest BCUT2D eigenvalue weighted by Crippen LogP contribution is -2.18. The van der Waals surface area contributed by atoms with Gasteiger partial charge in [0.25, 0.3) is 0 Å². The highest BCUT2D eigenvalue weighted by molar-refractivity contribution is 5.42. The molecule has 0 saturated heterocycles.